The maximum Gasteiger partial charge on any atom is 0.311 e. The van der Waals surface area contributed by atoms with E-state index in [1.54, 1.807) is 0 Å². The lowest BCUT2D eigenvalue weighted by Crippen LogP contribution is -2.47. The first-order valence-electron chi connectivity index (χ1n) is 8.25. The minimum absolute atomic E-state index is 0.0361. The summed E-state index contributed by atoms with van der Waals surface area (Å²) in [5.74, 6) is -0.164. The number of likely N-dealkylation sites (tertiary alicyclic amines) is 1. The average Bonchev–Trinajstić information content (AvgIpc) is 2.60. The van der Waals surface area contributed by atoms with Gasteiger partial charge in [0.05, 0.1) is 12.0 Å². The van der Waals surface area contributed by atoms with Crippen LogP contribution in [0.5, 0.6) is 5.75 Å². The van der Waals surface area contributed by atoms with Gasteiger partial charge < -0.3 is 15.0 Å². The Labute approximate surface area is 146 Å². The summed E-state index contributed by atoms with van der Waals surface area (Å²) in [5, 5.41) is 13.9. The van der Waals surface area contributed by atoms with Gasteiger partial charge in [-0.1, -0.05) is 13.8 Å². The fraction of sp³-hybridized carbons (Fsp3) is 0.529. The van der Waals surface area contributed by atoms with Gasteiger partial charge in [0.2, 0.25) is 5.91 Å². The molecule has 2 rings (SSSR count). The molecule has 0 atom stereocenters. The lowest BCUT2D eigenvalue weighted by Gasteiger charge is -2.33. The van der Waals surface area contributed by atoms with Crippen LogP contribution < -0.4 is 10.1 Å². The summed E-state index contributed by atoms with van der Waals surface area (Å²) >= 11 is 0. The van der Waals surface area contributed by atoms with Gasteiger partial charge in [-0.05, 0) is 25.0 Å². The van der Waals surface area contributed by atoms with Crippen molar-refractivity contribution in [3.63, 3.8) is 0 Å². The minimum Gasteiger partial charge on any atom is -0.490 e. The van der Waals surface area contributed by atoms with Gasteiger partial charge in [-0.15, -0.1) is 0 Å². The van der Waals surface area contributed by atoms with E-state index in [9.17, 15) is 19.7 Å². The summed E-state index contributed by atoms with van der Waals surface area (Å²) in [6.07, 6.45) is 1.34. The number of piperidine rings is 1. The molecule has 2 amide bonds. The number of amides is 2. The van der Waals surface area contributed by atoms with Crippen molar-refractivity contribution in [3.8, 4) is 5.75 Å². The monoisotopic (exact) mass is 349 g/mol. The fourth-order valence-corrected chi connectivity index (χ4v) is 2.85. The van der Waals surface area contributed by atoms with Crippen LogP contribution in [0.15, 0.2) is 18.2 Å². The number of nitro benzene ring substituents is 1. The molecule has 1 aliphatic heterocycles. The summed E-state index contributed by atoms with van der Waals surface area (Å²) in [6.45, 7) is 4.94. The van der Waals surface area contributed by atoms with E-state index >= 15 is 0 Å². The third-order valence-electron chi connectivity index (χ3n) is 4.27. The van der Waals surface area contributed by atoms with Gasteiger partial charge in [0.1, 0.15) is 0 Å². The van der Waals surface area contributed by atoms with Crippen molar-refractivity contribution < 1.29 is 19.2 Å². The Balaban J connectivity index is 1.98. The largest absolute Gasteiger partial charge is 0.490 e. The number of carbonyl (C=O) groups is 2. The van der Waals surface area contributed by atoms with Crippen LogP contribution in [0.3, 0.4) is 0 Å². The maximum atomic E-state index is 12.4. The Kier molecular flexibility index (Phi) is 5.95. The van der Waals surface area contributed by atoms with Crippen molar-refractivity contribution >= 4 is 17.5 Å². The number of methoxy groups -OCH3 is 1. The molecular weight excluding hydrogens is 326 g/mol. The fourth-order valence-electron chi connectivity index (χ4n) is 2.85. The molecule has 0 saturated carbocycles. The first-order chi connectivity index (χ1) is 11.8. The van der Waals surface area contributed by atoms with E-state index in [0.29, 0.717) is 25.9 Å². The van der Waals surface area contributed by atoms with E-state index < -0.39 is 4.92 Å². The molecule has 0 radical (unpaired) electrons. The lowest BCUT2D eigenvalue weighted by molar-refractivity contribution is -0.385. The van der Waals surface area contributed by atoms with Crippen LogP contribution in [0.25, 0.3) is 0 Å². The van der Waals surface area contributed by atoms with E-state index in [1.165, 1.54) is 25.3 Å². The number of benzene rings is 1. The van der Waals surface area contributed by atoms with Gasteiger partial charge in [0.25, 0.3) is 5.91 Å². The van der Waals surface area contributed by atoms with Crippen molar-refractivity contribution in [2.45, 2.75) is 32.7 Å². The standard InChI is InChI=1S/C17H23N3O5/c1-11(2)17(22)19-8-6-13(7-9-19)18-16(21)12-4-5-15(25-3)14(10-12)20(23)24/h4-5,10-11,13H,6-9H2,1-3H3,(H,18,21). The summed E-state index contributed by atoms with van der Waals surface area (Å²) in [4.78, 5) is 36.6. The third-order valence-corrected chi connectivity index (χ3v) is 4.27. The van der Waals surface area contributed by atoms with Crippen molar-refractivity contribution in [2.75, 3.05) is 20.2 Å². The van der Waals surface area contributed by atoms with Gasteiger partial charge in [-0.2, -0.15) is 0 Å². The normalized spacial score (nSPS) is 15.1. The molecule has 136 valence electrons. The Morgan fingerprint density at radius 1 is 1.32 bits per heavy atom. The third kappa shape index (κ3) is 4.46. The molecule has 1 fully saturated rings. The molecule has 1 aromatic rings. The topological polar surface area (TPSA) is 102 Å². The van der Waals surface area contributed by atoms with Crippen molar-refractivity contribution in [2.24, 2.45) is 5.92 Å². The zero-order chi connectivity index (χ0) is 18.6. The minimum atomic E-state index is -0.578. The van der Waals surface area contributed by atoms with Gasteiger partial charge in [0, 0.05) is 36.7 Å². The molecule has 0 spiro atoms. The van der Waals surface area contributed by atoms with E-state index in [1.807, 2.05) is 18.7 Å². The van der Waals surface area contributed by atoms with Gasteiger partial charge in [0.15, 0.2) is 5.75 Å². The number of nitro groups is 1. The molecule has 0 aromatic heterocycles. The van der Waals surface area contributed by atoms with Crippen molar-refractivity contribution in [1.29, 1.82) is 0 Å². The van der Waals surface area contributed by atoms with Crippen LogP contribution in [0, 0.1) is 16.0 Å². The Morgan fingerprint density at radius 2 is 1.96 bits per heavy atom. The Bertz CT molecular complexity index is 666. The SMILES string of the molecule is COc1ccc(C(=O)NC2CCN(C(=O)C(C)C)CC2)cc1[N+](=O)[O-]. The Morgan fingerprint density at radius 3 is 2.48 bits per heavy atom. The van der Waals surface area contributed by atoms with Crippen LogP contribution in [0.1, 0.15) is 37.0 Å². The first-order valence-corrected chi connectivity index (χ1v) is 8.25. The summed E-state index contributed by atoms with van der Waals surface area (Å²) in [7, 11) is 1.34. The van der Waals surface area contributed by atoms with Crippen LogP contribution in [-0.2, 0) is 4.79 Å². The maximum absolute atomic E-state index is 12.4. The second-order valence-corrected chi connectivity index (χ2v) is 6.37. The molecule has 0 bridgehead atoms. The zero-order valence-electron chi connectivity index (χ0n) is 14.7. The van der Waals surface area contributed by atoms with Crippen LogP contribution in [0.2, 0.25) is 0 Å². The van der Waals surface area contributed by atoms with Crippen molar-refractivity contribution in [1.82, 2.24) is 10.2 Å². The summed E-state index contributed by atoms with van der Waals surface area (Å²) < 4.78 is 4.93. The highest BCUT2D eigenvalue weighted by atomic mass is 16.6. The Hall–Kier alpha value is -2.64. The highest BCUT2D eigenvalue weighted by molar-refractivity contribution is 5.95. The molecular formula is C17H23N3O5. The molecule has 1 heterocycles. The van der Waals surface area contributed by atoms with Gasteiger partial charge >= 0.3 is 5.69 Å². The number of nitrogens with one attached hydrogen (secondary N) is 1. The van der Waals surface area contributed by atoms with Crippen LogP contribution in [-0.4, -0.2) is 47.9 Å². The van der Waals surface area contributed by atoms with Gasteiger partial charge in [-0.25, -0.2) is 0 Å². The molecule has 1 aliphatic rings. The molecule has 25 heavy (non-hydrogen) atoms. The highest BCUT2D eigenvalue weighted by Gasteiger charge is 2.26. The number of hydrogen-bond donors (Lipinski definition) is 1. The smallest absolute Gasteiger partial charge is 0.311 e. The molecule has 0 unspecified atom stereocenters. The van der Waals surface area contributed by atoms with E-state index in [4.69, 9.17) is 4.74 Å². The second-order valence-electron chi connectivity index (χ2n) is 6.37. The van der Waals surface area contributed by atoms with Crippen LogP contribution in [0.4, 0.5) is 5.69 Å². The molecule has 1 aromatic carbocycles. The molecule has 1 saturated heterocycles. The molecule has 8 heteroatoms. The first kappa shape index (κ1) is 18.7. The predicted octanol–water partition coefficient (Wildman–Crippen LogP) is 1.98. The van der Waals surface area contributed by atoms with E-state index in [-0.39, 0.29) is 40.8 Å². The number of rotatable bonds is 5. The second kappa shape index (κ2) is 7.96. The number of carbonyl (C=O) groups excluding carboxylic acids is 2. The van der Waals surface area contributed by atoms with E-state index in [2.05, 4.69) is 5.32 Å². The highest BCUT2D eigenvalue weighted by Crippen LogP contribution is 2.27. The summed E-state index contributed by atoms with van der Waals surface area (Å²) in [6, 6.07) is 4.08. The molecule has 0 aliphatic carbocycles. The number of ether oxygens (including phenoxy) is 1. The van der Waals surface area contributed by atoms with Gasteiger partial charge in [-0.3, -0.25) is 19.7 Å². The molecule has 1 N–H and O–H groups in total. The zero-order valence-corrected chi connectivity index (χ0v) is 14.7. The number of nitrogens with zero attached hydrogens (tertiary/aromatic N) is 2. The van der Waals surface area contributed by atoms with Crippen molar-refractivity contribution in [3.05, 3.63) is 33.9 Å². The quantitative estimate of drug-likeness (QED) is 0.647. The summed E-state index contributed by atoms with van der Waals surface area (Å²) in [5.41, 5.74) is -0.0271. The average molecular weight is 349 g/mol. The lowest BCUT2D eigenvalue weighted by atomic mass is 10.0. The predicted molar refractivity (Wildman–Crippen MR) is 91.6 cm³/mol. The van der Waals surface area contributed by atoms with E-state index in [0.717, 1.165) is 0 Å². The molecule has 8 nitrogen and oxygen atoms in total. The van der Waals surface area contributed by atoms with Crippen LogP contribution >= 0.6 is 0 Å². The number of hydrogen-bond acceptors (Lipinski definition) is 5.